The van der Waals surface area contributed by atoms with Gasteiger partial charge in [0.1, 0.15) is 5.75 Å². The van der Waals surface area contributed by atoms with Crippen molar-refractivity contribution in [1.82, 2.24) is 4.98 Å². The van der Waals surface area contributed by atoms with Gasteiger partial charge < -0.3 is 19.9 Å². The molecule has 1 aromatic rings. The molecule has 112 valence electrons. The number of halogens is 3. The van der Waals surface area contributed by atoms with Crippen molar-refractivity contribution in [2.24, 2.45) is 5.73 Å². The van der Waals surface area contributed by atoms with Gasteiger partial charge in [-0.05, 0) is 6.07 Å². The second kappa shape index (κ2) is 6.42. The Kier molecular flexibility index (Phi) is 5.14. The first kappa shape index (κ1) is 16.0. The van der Waals surface area contributed by atoms with E-state index >= 15 is 0 Å². The third kappa shape index (κ3) is 4.26. The monoisotopic (exact) mass is 294 g/mol. The van der Waals surface area contributed by atoms with E-state index in [2.05, 4.69) is 14.5 Å². The number of aromatic nitrogens is 1. The van der Waals surface area contributed by atoms with Crippen LogP contribution in [0, 0.1) is 0 Å². The lowest BCUT2D eigenvalue weighted by molar-refractivity contribution is -0.276. The maximum atomic E-state index is 12.3. The summed E-state index contributed by atoms with van der Waals surface area (Å²) in [7, 11) is 2.44. The average molecular weight is 294 g/mol. The molecule has 0 unspecified atom stereocenters. The zero-order valence-corrected chi connectivity index (χ0v) is 10.8. The second-order valence-electron chi connectivity index (χ2n) is 3.61. The van der Waals surface area contributed by atoms with E-state index < -0.39 is 18.2 Å². The van der Waals surface area contributed by atoms with Crippen molar-refractivity contribution in [2.45, 2.75) is 19.3 Å². The molecule has 0 spiro atoms. The normalized spacial score (nSPS) is 11.1. The lowest BCUT2D eigenvalue weighted by atomic mass is 10.2. The van der Waals surface area contributed by atoms with Crippen LogP contribution in [0.4, 0.5) is 13.2 Å². The lowest BCUT2D eigenvalue weighted by Crippen LogP contribution is -2.20. The third-order valence-electron chi connectivity index (χ3n) is 2.29. The topological polar surface area (TPSA) is 83.7 Å². The maximum absolute atomic E-state index is 12.3. The van der Waals surface area contributed by atoms with Crippen molar-refractivity contribution in [3.8, 4) is 11.6 Å². The highest BCUT2D eigenvalue weighted by Crippen LogP contribution is 2.29. The standard InChI is InChI=1S/C11H13F3N2O4/c1-18-8-3-6(5-15)10(20-11(12,13)14)16-7(8)4-9(17)19-2/h3H,4-5,15H2,1-2H3. The molecule has 0 radical (unpaired) electrons. The summed E-state index contributed by atoms with van der Waals surface area (Å²) in [6, 6.07) is 1.24. The summed E-state index contributed by atoms with van der Waals surface area (Å²) in [6.45, 7) is -0.229. The average Bonchev–Trinajstić information content (AvgIpc) is 2.37. The van der Waals surface area contributed by atoms with E-state index in [1.165, 1.54) is 13.2 Å². The Balaban J connectivity index is 3.22. The van der Waals surface area contributed by atoms with Crippen LogP contribution in [-0.4, -0.2) is 31.5 Å². The van der Waals surface area contributed by atoms with Crippen LogP contribution >= 0.6 is 0 Å². The van der Waals surface area contributed by atoms with Crippen molar-refractivity contribution >= 4 is 5.97 Å². The van der Waals surface area contributed by atoms with E-state index in [0.29, 0.717) is 0 Å². The molecule has 0 saturated carbocycles. The second-order valence-corrected chi connectivity index (χ2v) is 3.61. The third-order valence-corrected chi connectivity index (χ3v) is 2.29. The van der Waals surface area contributed by atoms with Crippen LogP contribution in [0.1, 0.15) is 11.3 Å². The predicted octanol–water partition coefficient (Wildman–Crippen LogP) is 1.16. The Labute approximate surface area is 112 Å². The van der Waals surface area contributed by atoms with Crippen LogP contribution in [0.15, 0.2) is 6.07 Å². The van der Waals surface area contributed by atoms with Gasteiger partial charge in [-0.2, -0.15) is 0 Å². The Hall–Kier alpha value is -2.03. The fourth-order valence-corrected chi connectivity index (χ4v) is 1.41. The highest BCUT2D eigenvalue weighted by molar-refractivity contribution is 5.72. The molecule has 9 heteroatoms. The number of nitrogens with zero attached hydrogens (tertiary/aromatic N) is 1. The largest absolute Gasteiger partial charge is 0.574 e. The molecule has 0 bridgehead atoms. The van der Waals surface area contributed by atoms with Gasteiger partial charge in [-0.25, -0.2) is 4.98 Å². The van der Waals surface area contributed by atoms with E-state index in [4.69, 9.17) is 10.5 Å². The van der Waals surface area contributed by atoms with Crippen molar-refractivity contribution in [3.63, 3.8) is 0 Å². The van der Waals surface area contributed by atoms with Gasteiger partial charge >= 0.3 is 12.3 Å². The molecule has 0 saturated heterocycles. The van der Waals surface area contributed by atoms with E-state index in [-0.39, 0.29) is 30.0 Å². The molecular formula is C11H13F3N2O4. The molecule has 0 amide bonds. The number of esters is 1. The lowest BCUT2D eigenvalue weighted by Gasteiger charge is -2.15. The Morgan fingerprint density at radius 2 is 2.05 bits per heavy atom. The van der Waals surface area contributed by atoms with E-state index in [1.54, 1.807) is 0 Å². The van der Waals surface area contributed by atoms with Gasteiger partial charge in [0.15, 0.2) is 0 Å². The van der Waals surface area contributed by atoms with Crippen molar-refractivity contribution < 1.29 is 32.2 Å². The summed E-state index contributed by atoms with van der Waals surface area (Å²) in [4.78, 5) is 14.8. The number of nitrogens with two attached hydrogens (primary N) is 1. The first-order chi connectivity index (χ1) is 9.30. The van der Waals surface area contributed by atoms with Gasteiger partial charge in [0, 0.05) is 12.1 Å². The summed E-state index contributed by atoms with van der Waals surface area (Å²) < 4.78 is 50.0. The van der Waals surface area contributed by atoms with E-state index in [0.717, 1.165) is 7.11 Å². The van der Waals surface area contributed by atoms with Crippen molar-refractivity contribution in [3.05, 3.63) is 17.3 Å². The predicted molar refractivity (Wildman–Crippen MR) is 61.1 cm³/mol. The number of methoxy groups -OCH3 is 2. The first-order valence-corrected chi connectivity index (χ1v) is 5.40. The Bertz CT molecular complexity index is 491. The quantitative estimate of drug-likeness (QED) is 0.820. The molecule has 0 fully saturated rings. The Morgan fingerprint density at radius 3 is 2.50 bits per heavy atom. The highest BCUT2D eigenvalue weighted by atomic mass is 19.4. The zero-order chi connectivity index (χ0) is 15.3. The highest BCUT2D eigenvalue weighted by Gasteiger charge is 2.33. The summed E-state index contributed by atoms with van der Waals surface area (Å²) in [6.07, 6.45) is -5.26. The summed E-state index contributed by atoms with van der Waals surface area (Å²) in [5, 5.41) is 0. The number of carbonyl (C=O) groups is 1. The molecule has 1 heterocycles. The fourth-order valence-electron chi connectivity index (χ4n) is 1.41. The molecule has 1 aromatic heterocycles. The van der Waals surface area contributed by atoms with Crippen LogP contribution in [0.5, 0.6) is 11.6 Å². The first-order valence-electron chi connectivity index (χ1n) is 5.40. The van der Waals surface area contributed by atoms with Crippen molar-refractivity contribution in [1.29, 1.82) is 0 Å². The number of ether oxygens (including phenoxy) is 3. The molecule has 0 aliphatic carbocycles. The van der Waals surface area contributed by atoms with Gasteiger partial charge in [0.25, 0.3) is 0 Å². The molecule has 0 atom stereocenters. The molecule has 0 aromatic carbocycles. The molecule has 0 aliphatic rings. The fraction of sp³-hybridized carbons (Fsp3) is 0.455. The number of alkyl halides is 3. The van der Waals surface area contributed by atoms with Gasteiger partial charge in [0.05, 0.1) is 26.3 Å². The van der Waals surface area contributed by atoms with Crippen molar-refractivity contribution in [2.75, 3.05) is 14.2 Å². The summed E-state index contributed by atoms with van der Waals surface area (Å²) >= 11 is 0. The zero-order valence-electron chi connectivity index (χ0n) is 10.8. The minimum atomic E-state index is -4.91. The van der Waals surface area contributed by atoms with Crippen LogP contribution in [-0.2, 0) is 22.5 Å². The number of hydrogen-bond acceptors (Lipinski definition) is 6. The number of pyridine rings is 1. The SMILES string of the molecule is COC(=O)Cc1nc(OC(F)(F)F)c(CN)cc1OC. The number of hydrogen-bond donors (Lipinski definition) is 1. The molecule has 2 N–H and O–H groups in total. The molecular weight excluding hydrogens is 281 g/mol. The molecule has 0 aliphatic heterocycles. The molecule has 1 rings (SSSR count). The van der Waals surface area contributed by atoms with E-state index in [9.17, 15) is 18.0 Å². The van der Waals surface area contributed by atoms with Gasteiger partial charge in [-0.3, -0.25) is 4.79 Å². The van der Waals surface area contributed by atoms with E-state index in [1.807, 2.05) is 0 Å². The Morgan fingerprint density at radius 1 is 1.40 bits per heavy atom. The maximum Gasteiger partial charge on any atom is 0.574 e. The minimum Gasteiger partial charge on any atom is -0.495 e. The van der Waals surface area contributed by atoms with Crippen LogP contribution in [0.3, 0.4) is 0 Å². The van der Waals surface area contributed by atoms with Gasteiger partial charge in [-0.1, -0.05) is 0 Å². The van der Waals surface area contributed by atoms with Crippen LogP contribution < -0.4 is 15.2 Å². The van der Waals surface area contributed by atoms with Gasteiger partial charge in [0.2, 0.25) is 5.88 Å². The summed E-state index contributed by atoms with van der Waals surface area (Å²) in [5.41, 5.74) is 5.31. The molecule has 20 heavy (non-hydrogen) atoms. The molecule has 6 nitrogen and oxygen atoms in total. The minimum absolute atomic E-state index is 0.00721. The number of carbonyl (C=O) groups excluding carboxylic acids is 1. The number of rotatable bonds is 5. The van der Waals surface area contributed by atoms with Crippen LogP contribution in [0.2, 0.25) is 0 Å². The van der Waals surface area contributed by atoms with Gasteiger partial charge in [-0.15, -0.1) is 13.2 Å². The summed E-state index contributed by atoms with van der Waals surface area (Å²) in [5.74, 6) is -1.25. The van der Waals surface area contributed by atoms with Crippen LogP contribution in [0.25, 0.3) is 0 Å². The smallest absolute Gasteiger partial charge is 0.495 e.